The maximum absolute atomic E-state index is 14.0. The molecule has 0 aliphatic carbocycles. The normalized spacial score (nSPS) is 12.3. The Hall–Kier alpha value is -2.01. The van der Waals surface area contributed by atoms with Crippen LogP contribution in [0.3, 0.4) is 0 Å². The lowest BCUT2D eigenvalue weighted by Crippen LogP contribution is -2.15. The van der Waals surface area contributed by atoms with Crippen LogP contribution in [0.15, 0.2) is 46.2 Å². The number of primary sulfonamides is 1. The Morgan fingerprint density at radius 3 is 1.95 bits per heavy atom. The van der Waals surface area contributed by atoms with Crippen molar-refractivity contribution in [2.24, 2.45) is 5.14 Å². The van der Waals surface area contributed by atoms with Gasteiger partial charge in [0.25, 0.3) is 10.1 Å². The van der Waals surface area contributed by atoms with Crippen molar-refractivity contribution in [1.82, 2.24) is 0 Å². The van der Waals surface area contributed by atoms with Crippen molar-refractivity contribution in [3.8, 4) is 16.9 Å². The maximum Gasteiger partial charge on any atom is 0.295 e. The summed E-state index contributed by atoms with van der Waals surface area (Å²) in [5, 5.41) is 14.8. The van der Waals surface area contributed by atoms with Gasteiger partial charge in [-0.25, -0.2) is 17.9 Å². The van der Waals surface area contributed by atoms with Gasteiger partial charge in [-0.2, -0.15) is 8.42 Å². The van der Waals surface area contributed by atoms with Crippen LogP contribution < -0.4 is 5.14 Å². The quantitative estimate of drug-likeness (QED) is 0.711. The largest absolute Gasteiger partial charge is 0.507 e. The van der Waals surface area contributed by atoms with E-state index >= 15 is 0 Å². The van der Waals surface area contributed by atoms with Crippen LogP contribution in [0, 0.1) is 5.82 Å². The summed E-state index contributed by atoms with van der Waals surface area (Å²) < 4.78 is 69.4. The topological polar surface area (TPSA) is 135 Å². The van der Waals surface area contributed by atoms with Crippen LogP contribution >= 0.6 is 0 Å². The van der Waals surface area contributed by atoms with E-state index in [9.17, 15) is 30.9 Å². The Balaban J connectivity index is 3.08. The minimum Gasteiger partial charge on any atom is -0.507 e. The zero-order chi connectivity index (χ0) is 16.7. The van der Waals surface area contributed by atoms with E-state index in [1.54, 1.807) is 0 Å². The summed E-state index contributed by atoms with van der Waals surface area (Å²) in [5.74, 6) is -1.79. The molecule has 2 aromatic rings. The molecule has 2 rings (SSSR count). The lowest BCUT2D eigenvalue weighted by atomic mass is 10.0. The summed E-state index contributed by atoms with van der Waals surface area (Å²) in [5.41, 5.74) is -1.43. The molecule has 2 aromatic carbocycles. The number of aromatic hydroxyl groups is 1. The molecule has 0 atom stereocenters. The first-order chi connectivity index (χ1) is 10.0. The molecule has 0 saturated carbocycles. The van der Waals surface area contributed by atoms with Crippen LogP contribution in [-0.2, 0) is 20.1 Å². The zero-order valence-electron chi connectivity index (χ0n) is 10.8. The molecule has 0 heterocycles. The number of hydrogen-bond donors (Lipinski definition) is 3. The SMILES string of the molecule is NS(=O)(=O)c1cccc(S(=O)(=O)O)c1-c1c(O)cccc1F. The number of benzene rings is 2. The summed E-state index contributed by atoms with van der Waals surface area (Å²) in [6.45, 7) is 0. The number of hydrogen-bond acceptors (Lipinski definition) is 5. The Kier molecular flexibility index (Phi) is 3.96. The summed E-state index contributed by atoms with van der Waals surface area (Å²) in [7, 11) is -9.35. The van der Waals surface area contributed by atoms with E-state index < -0.39 is 52.6 Å². The van der Waals surface area contributed by atoms with Crippen molar-refractivity contribution in [2.75, 3.05) is 0 Å². The maximum atomic E-state index is 14.0. The van der Waals surface area contributed by atoms with Gasteiger partial charge in [0.1, 0.15) is 16.5 Å². The molecule has 0 spiro atoms. The lowest BCUT2D eigenvalue weighted by molar-refractivity contribution is 0.471. The molecule has 0 aliphatic heterocycles. The van der Waals surface area contributed by atoms with Gasteiger partial charge in [0, 0.05) is 5.56 Å². The van der Waals surface area contributed by atoms with Crippen molar-refractivity contribution >= 4 is 20.1 Å². The zero-order valence-corrected chi connectivity index (χ0v) is 12.4. The first kappa shape index (κ1) is 16.4. The van der Waals surface area contributed by atoms with Crippen LogP contribution in [0.4, 0.5) is 4.39 Å². The Labute approximate surface area is 125 Å². The number of sulfonamides is 1. The minimum absolute atomic E-state index is 0.695. The van der Waals surface area contributed by atoms with Crippen LogP contribution in [0.5, 0.6) is 5.75 Å². The predicted molar refractivity (Wildman–Crippen MR) is 74.7 cm³/mol. The first-order valence-electron chi connectivity index (χ1n) is 5.64. The van der Waals surface area contributed by atoms with Crippen LogP contribution in [0.1, 0.15) is 0 Å². The third kappa shape index (κ3) is 2.95. The van der Waals surface area contributed by atoms with Gasteiger partial charge in [0.05, 0.1) is 10.5 Å². The van der Waals surface area contributed by atoms with E-state index in [1.807, 2.05) is 0 Å². The lowest BCUT2D eigenvalue weighted by Gasteiger charge is -2.14. The summed E-state index contributed by atoms with van der Waals surface area (Å²) >= 11 is 0. The second-order valence-electron chi connectivity index (χ2n) is 4.28. The van der Waals surface area contributed by atoms with Gasteiger partial charge in [-0.05, 0) is 24.3 Å². The molecule has 10 heteroatoms. The number of phenolic OH excluding ortho intramolecular Hbond substituents is 1. The Morgan fingerprint density at radius 2 is 1.45 bits per heavy atom. The third-order valence-corrected chi connectivity index (χ3v) is 4.66. The van der Waals surface area contributed by atoms with Crippen molar-refractivity contribution in [1.29, 1.82) is 0 Å². The second kappa shape index (κ2) is 5.32. The van der Waals surface area contributed by atoms with E-state index in [1.165, 1.54) is 0 Å². The van der Waals surface area contributed by atoms with E-state index in [4.69, 9.17) is 5.14 Å². The van der Waals surface area contributed by atoms with Crippen LogP contribution in [0.25, 0.3) is 11.1 Å². The molecule has 0 amide bonds. The van der Waals surface area contributed by atoms with Gasteiger partial charge in [0.15, 0.2) is 0 Å². The van der Waals surface area contributed by atoms with Gasteiger partial charge in [-0.3, -0.25) is 4.55 Å². The van der Waals surface area contributed by atoms with E-state index in [2.05, 4.69) is 0 Å². The van der Waals surface area contributed by atoms with E-state index in [-0.39, 0.29) is 0 Å². The standard InChI is InChI=1S/C12H10FNO6S2/c13-7-3-1-4-8(15)11(7)12-9(21(14,16)17)5-2-6-10(12)22(18,19)20/h1-6,15H,(H2,14,16,17)(H,18,19,20). The number of halogens is 1. The molecule has 118 valence electrons. The molecular weight excluding hydrogens is 337 g/mol. The fraction of sp³-hybridized carbons (Fsp3) is 0. The van der Waals surface area contributed by atoms with E-state index in [0.717, 1.165) is 36.4 Å². The third-order valence-electron chi connectivity index (χ3n) is 2.81. The van der Waals surface area contributed by atoms with Crippen LogP contribution in [0.2, 0.25) is 0 Å². The number of rotatable bonds is 3. The van der Waals surface area contributed by atoms with Crippen molar-refractivity contribution in [3.05, 3.63) is 42.2 Å². The molecule has 0 saturated heterocycles. The van der Waals surface area contributed by atoms with Crippen molar-refractivity contribution in [2.45, 2.75) is 9.79 Å². The summed E-state index contributed by atoms with van der Waals surface area (Å²) in [4.78, 5) is -1.64. The van der Waals surface area contributed by atoms with E-state index in [0.29, 0.717) is 0 Å². The molecule has 7 nitrogen and oxygen atoms in total. The highest BCUT2D eigenvalue weighted by Crippen LogP contribution is 2.39. The number of nitrogens with two attached hydrogens (primary N) is 1. The fourth-order valence-electron chi connectivity index (χ4n) is 1.97. The van der Waals surface area contributed by atoms with Crippen molar-refractivity contribution in [3.63, 3.8) is 0 Å². The van der Waals surface area contributed by atoms with Gasteiger partial charge in [0.2, 0.25) is 10.0 Å². The molecule has 0 unspecified atom stereocenters. The predicted octanol–water partition coefficient (Wildman–Crippen LogP) is 1.09. The van der Waals surface area contributed by atoms with Crippen LogP contribution in [-0.4, -0.2) is 26.5 Å². The molecule has 4 N–H and O–H groups in total. The highest BCUT2D eigenvalue weighted by molar-refractivity contribution is 7.89. The average Bonchev–Trinajstić information content (AvgIpc) is 2.36. The number of phenols is 1. The molecule has 0 radical (unpaired) electrons. The Bertz CT molecular complexity index is 883. The molecular formula is C12H10FNO6S2. The fourth-order valence-corrected chi connectivity index (χ4v) is 3.52. The Morgan fingerprint density at radius 1 is 0.909 bits per heavy atom. The molecule has 0 aromatic heterocycles. The molecule has 0 fully saturated rings. The van der Waals surface area contributed by atoms with Crippen molar-refractivity contribution < 1.29 is 30.9 Å². The monoisotopic (exact) mass is 347 g/mol. The second-order valence-corrected chi connectivity index (χ2v) is 7.20. The minimum atomic E-state index is -4.90. The van der Waals surface area contributed by atoms with Gasteiger partial charge in [-0.1, -0.05) is 12.1 Å². The molecule has 0 aliphatic rings. The first-order valence-corrected chi connectivity index (χ1v) is 8.63. The van der Waals surface area contributed by atoms with Gasteiger partial charge in [-0.15, -0.1) is 0 Å². The average molecular weight is 347 g/mol. The highest BCUT2D eigenvalue weighted by atomic mass is 32.2. The smallest absolute Gasteiger partial charge is 0.295 e. The highest BCUT2D eigenvalue weighted by Gasteiger charge is 2.28. The molecule has 22 heavy (non-hydrogen) atoms. The van der Waals surface area contributed by atoms with Gasteiger partial charge < -0.3 is 5.11 Å². The van der Waals surface area contributed by atoms with Gasteiger partial charge >= 0.3 is 0 Å². The molecule has 0 bridgehead atoms. The summed E-state index contributed by atoms with van der Waals surface area (Å²) in [6.07, 6.45) is 0. The summed E-state index contributed by atoms with van der Waals surface area (Å²) in [6, 6.07) is 5.89.